The second kappa shape index (κ2) is 11.2. The first-order chi connectivity index (χ1) is 20.0. The van der Waals surface area contributed by atoms with Crippen molar-refractivity contribution >= 4 is 62.7 Å². The molecule has 0 aliphatic carbocycles. The summed E-state index contributed by atoms with van der Waals surface area (Å²) in [4.78, 5) is 43.9. The molecule has 10 heteroatoms. The quantitative estimate of drug-likeness (QED) is 0.322. The molecule has 2 aliphatic heterocycles. The summed E-state index contributed by atoms with van der Waals surface area (Å²) < 4.78 is 7.81. The van der Waals surface area contributed by atoms with Crippen molar-refractivity contribution in [1.82, 2.24) is 4.57 Å². The number of thioether (sulfide) groups is 1. The molecule has 0 unspecified atom stereocenters. The van der Waals surface area contributed by atoms with Crippen LogP contribution < -0.4 is 24.7 Å². The molecule has 0 bridgehead atoms. The van der Waals surface area contributed by atoms with Gasteiger partial charge >= 0.3 is 5.97 Å². The number of amides is 1. The van der Waals surface area contributed by atoms with Crippen LogP contribution in [0.3, 0.4) is 0 Å². The molecule has 0 atom stereocenters. The van der Waals surface area contributed by atoms with Gasteiger partial charge in [0.25, 0.3) is 11.5 Å². The number of fused-ring (bicyclic) bond motifs is 1. The van der Waals surface area contributed by atoms with E-state index in [0.717, 1.165) is 21.2 Å². The lowest BCUT2D eigenvalue weighted by Crippen LogP contribution is -2.36. The fourth-order valence-electron chi connectivity index (χ4n) is 4.82. The van der Waals surface area contributed by atoms with E-state index in [2.05, 4.69) is 5.10 Å². The first kappa shape index (κ1) is 26.8. The number of benzene rings is 3. The number of aromatic nitrogens is 1. The van der Waals surface area contributed by atoms with Gasteiger partial charge in [-0.25, -0.2) is 0 Å². The average Bonchev–Trinajstić information content (AvgIpc) is 3.60. The number of carbonyl (C=O) groups is 2. The number of carbonyl (C=O) groups excluding carboxylic acids is 2. The number of esters is 1. The number of ether oxygens (including phenoxy) is 1. The average molecular weight is 583 g/mol. The molecule has 3 aromatic carbocycles. The van der Waals surface area contributed by atoms with Gasteiger partial charge in [-0.05, 0) is 36.8 Å². The molecule has 4 aromatic rings. The smallest absolute Gasteiger partial charge is 0.311 e. The number of rotatable bonds is 6. The Morgan fingerprint density at radius 1 is 0.927 bits per heavy atom. The topological polar surface area (TPSA) is 84.2 Å². The summed E-state index contributed by atoms with van der Waals surface area (Å²) >= 11 is 2.78. The molecule has 0 radical (unpaired) electrons. The molecule has 0 fully saturated rings. The van der Waals surface area contributed by atoms with Gasteiger partial charge in [-0.15, -0.1) is 11.3 Å². The molecule has 0 saturated carbocycles. The maximum absolute atomic E-state index is 14.2. The Morgan fingerprint density at radius 3 is 2.32 bits per heavy atom. The fraction of sp³-hybridized carbons (Fsp3) is 0.161. The van der Waals surface area contributed by atoms with E-state index in [-0.39, 0.29) is 36.4 Å². The Bertz CT molecular complexity index is 1860. The Labute approximate surface area is 244 Å². The van der Waals surface area contributed by atoms with E-state index in [0.29, 0.717) is 14.9 Å². The maximum Gasteiger partial charge on any atom is 0.311 e. The molecule has 1 amide bonds. The normalized spacial score (nSPS) is 17.1. The van der Waals surface area contributed by atoms with Gasteiger partial charge in [-0.1, -0.05) is 72.4 Å². The largest absolute Gasteiger partial charge is 0.466 e. The van der Waals surface area contributed by atoms with Crippen LogP contribution in [0.1, 0.15) is 18.9 Å². The third-order valence-corrected chi connectivity index (χ3v) is 9.30. The number of hydrogen-bond donors (Lipinski definition) is 0. The predicted octanol–water partition coefficient (Wildman–Crippen LogP) is 3.77. The highest BCUT2D eigenvalue weighted by atomic mass is 32.2. The Balaban J connectivity index is 1.61. The number of nitrogens with zero attached hydrogens (tertiary/aromatic N) is 4. The molecule has 8 nitrogen and oxygen atoms in total. The van der Waals surface area contributed by atoms with E-state index in [1.165, 1.54) is 28.1 Å². The summed E-state index contributed by atoms with van der Waals surface area (Å²) in [6.45, 7) is 2.20. The first-order valence-electron chi connectivity index (χ1n) is 13.1. The van der Waals surface area contributed by atoms with Crippen LogP contribution >= 0.6 is 23.1 Å². The monoisotopic (exact) mass is 582 g/mol. The zero-order valence-electron chi connectivity index (χ0n) is 22.4. The third kappa shape index (κ3) is 5.00. The van der Waals surface area contributed by atoms with Crippen molar-refractivity contribution in [3.05, 3.63) is 110 Å². The van der Waals surface area contributed by atoms with Crippen molar-refractivity contribution in [1.29, 1.82) is 0 Å². The van der Waals surface area contributed by atoms with Crippen LogP contribution in [0.2, 0.25) is 0 Å². The standard InChI is InChI=1S/C31H26N4O4S2/c1-3-39-25(36)18-22-26(28(37)35(32-22)21-14-8-5-9-15-21)30-34(19-20-12-6-4-7-13-20)29(38)27(41-30)31-33(2)23-16-10-11-17-24(23)40-31/h4-17H,3,18-19H2,1-2H3/b30-26?,31-27-. The van der Waals surface area contributed by atoms with E-state index < -0.39 is 11.9 Å². The molecule has 0 saturated heterocycles. The van der Waals surface area contributed by atoms with Crippen LogP contribution in [0.25, 0.3) is 10.6 Å². The van der Waals surface area contributed by atoms with Crippen molar-refractivity contribution in [2.24, 2.45) is 5.10 Å². The number of para-hydroxylation sites is 2. The molecule has 0 spiro atoms. The first-order valence-corrected chi connectivity index (χ1v) is 14.7. The summed E-state index contributed by atoms with van der Waals surface area (Å²) in [6.07, 6.45) is -0.193. The van der Waals surface area contributed by atoms with E-state index in [9.17, 15) is 14.4 Å². The summed E-state index contributed by atoms with van der Waals surface area (Å²) in [5.74, 6) is -0.887. The lowest BCUT2D eigenvalue weighted by molar-refractivity contribution is -0.141. The third-order valence-electron chi connectivity index (χ3n) is 6.75. The summed E-state index contributed by atoms with van der Waals surface area (Å²) in [7, 11) is 1.94. The minimum Gasteiger partial charge on any atom is -0.466 e. The maximum atomic E-state index is 14.2. The van der Waals surface area contributed by atoms with E-state index >= 15 is 0 Å². The minimum absolute atomic E-state index is 0.193. The van der Waals surface area contributed by atoms with Gasteiger partial charge in [0, 0.05) is 11.9 Å². The molecule has 2 aliphatic rings. The highest BCUT2D eigenvalue weighted by Gasteiger charge is 2.35. The van der Waals surface area contributed by atoms with Crippen LogP contribution in [0, 0.1) is 0 Å². The molecule has 3 heterocycles. The number of thiazole rings is 1. The van der Waals surface area contributed by atoms with E-state index in [4.69, 9.17) is 4.74 Å². The van der Waals surface area contributed by atoms with Crippen LogP contribution in [-0.2, 0) is 20.9 Å². The lowest BCUT2D eigenvalue weighted by atomic mass is 10.1. The highest BCUT2D eigenvalue weighted by Crippen LogP contribution is 2.45. The van der Waals surface area contributed by atoms with Crippen LogP contribution in [0.15, 0.2) is 99.7 Å². The molecular formula is C31H26N4O4S2. The van der Waals surface area contributed by atoms with Gasteiger partial charge in [0.2, 0.25) is 0 Å². The summed E-state index contributed by atoms with van der Waals surface area (Å²) in [5.41, 5.74) is 2.79. The highest BCUT2D eigenvalue weighted by molar-refractivity contribution is 8.08. The van der Waals surface area contributed by atoms with Crippen molar-refractivity contribution < 1.29 is 14.3 Å². The van der Waals surface area contributed by atoms with Gasteiger partial charge in [0.05, 0.1) is 42.2 Å². The number of hydrazone groups is 1. The Hall–Kier alpha value is -4.41. The Kier molecular flexibility index (Phi) is 7.34. The second-order valence-electron chi connectivity index (χ2n) is 9.40. The summed E-state index contributed by atoms with van der Waals surface area (Å²) in [5, 5.41) is 6.67. The molecule has 0 N–H and O–H groups in total. The van der Waals surface area contributed by atoms with Crippen LogP contribution in [-0.4, -0.2) is 35.8 Å². The number of hydrogen-bond acceptors (Lipinski definition) is 8. The van der Waals surface area contributed by atoms with Crippen molar-refractivity contribution in [3.63, 3.8) is 0 Å². The number of anilines is 2. The summed E-state index contributed by atoms with van der Waals surface area (Å²) in [6, 6.07) is 26.7. The van der Waals surface area contributed by atoms with Crippen LogP contribution in [0.4, 0.5) is 11.4 Å². The Morgan fingerprint density at radius 2 is 1.61 bits per heavy atom. The molecule has 1 aromatic heterocycles. The molecule has 6 rings (SSSR count). The van der Waals surface area contributed by atoms with Crippen LogP contribution in [0.5, 0.6) is 0 Å². The van der Waals surface area contributed by atoms with Gasteiger partial charge in [0.15, 0.2) is 0 Å². The van der Waals surface area contributed by atoms with Crippen molar-refractivity contribution in [3.8, 4) is 0 Å². The van der Waals surface area contributed by atoms with E-state index in [1.54, 1.807) is 23.6 Å². The zero-order valence-corrected chi connectivity index (χ0v) is 24.1. The second-order valence-corrected chi connectivity index (χ2v) is 11.4. The van der Waals surface area contributed by atoms with Crippen molar-refractivity contribution in [2.75, 3.05) is 23.6 Å². The fourth-order valence-corrected chi connectivity index (χ4v) is 7.33. The lowest BCUT2D eigenvalue weighted by Gasteiger charge is -2.11. The zero-order chi connectivity index (χ0) is 28.5. The van der Waals surface area contributed by atoms with Crippen molar-refractivity contribution in [2.45, 2.75) is 24.8 Å². The molecule has 206 valence electrons. The molecular weight excluding hydrogens is 556 g/mol. The minimum atomic E-state index is -0.490. The molecule has 41 heavy (non-hydrogen) atoms. The van der Waals surface area contributed by atoms with Gasteiger partial charge in [0.1, 0.15) is 14.2 Å². The SMILES string of the molecule is CCOC(=O)CC1=NN(c2ccccc2)C(=O)C1=c1s/c(=C2\Sc3ccccc3N2C)c(=O)n1Cc1ccccc1. The van der Waals surface area contributed by atoms with Gasteiger partial charge in [-0.2, -0.15) is 10.1 Å². The van der Waals surface area contributed by atoms with Gasteiger partial charge < -0.3 is 9.64 Å². The van der Waals surface area contributed by atoms with Gasteiger partial charge in [-0.3, -0.25) is 19.0 Å². The predicted molar refractivity (Wildman–Crippen MR) is 164 cm³/mol. The van der Waals surface area contributed by atoms with E-state index in [1.807, 2.05) is 84.7 Å².